The van der Waals surface area contributed by atoms with Gasteiger partial charge in [-0.05, 0) is 57.4 Å². The van der Waals surface area contributed by atoms with Crippen molar-refractivity contribution < 1.29 is 0 Å². The second kappa shape index (κ2) is 6.25. The lowest BCUT2D eigenvalue weighted by Gasteiger charge is -1.99. The molecule has 0 fully saturated rings. The number of hydrogen-bond acceptors (Lipinski definition) is 0. The molecule has 0 N–H and O–H groups in total. The van der Waals surface area contributed by atoms with Gasteiger partial charge in [0, 0.05) is 14.0 Å². The van der Waals surface area contributed by atoms with Crippen LogP contribution in [0.1, 0.15) is 11.1 Å². The Morgan fingerprint density at radius 1 is 0.833 bits per heavy atom. The van der Waals surface area contributed by atoms with Crippen LogP contribution in [0.25, 0.3) is 12.2 Å². The highest BCUT2D eigenvalue weighted by atomic mass is 79.9. The van der Waals surface area contributed by atoms with E-state index < -0.39 is 0 Å². The van der Waals surface area contributed by atoms with Crippen molar-refractivity contribution in [2.75, 3.05) is 0 Å². The Hall–Kier alpha value is -0.280. The first-order chi connectivity index (χ1) is 8.54. The Bertz CT molecular complexity index is 586. The molecule has 92 valence electrons. The molecule has 0 aliphatic rings. The van der Waals surface area contributed by atoms with Crippen molar-refractivity contribution in [1.29, 1.82) is 0 Å². The molecule has 4 heteroatoms. The van der Waals surface area contributed by atoms with Gasteiger partial charge in [-0.2, -0.15) is 0 Å². The van der Waals surface area contributed by atoms with Crippen LogP contribution >= 0.6 is 55.1 Å². The molecule has 0 saturated heterocycles. The molecule has 0 amide bonds. The van der Waals surface area contributed by atoms with Crippen molar-refractivity contribution in [3.8, 4) is 0 Å². The van der Waals surface area contributed by atoms with E-state index >= 15 is 0 Å². The molecule has 0 aromatic heterocycles. The van der Waals surface area contributed by atoms with Crippen LogP contribution in [0.2, 0.25) is 10.0 Å². The van der Waals surface area contributed by atoms with Crippen molar-refractivity contribution >= 4 is 67.2 Å². The van der Waals surface area contributed by atoms with Crippen LogP contribution in [0.15, 0.2) is 45.3 Å². The van der Waals surface area contributed by atoms with Gasteiger partial charge in [0.15, 0.2) is 0 Å². The second-order valence-corrected chi connectivity index (χ2v) is 6.32. The summed E-state index contributed by atoms with van der Waals surface area (Å²) in [6.07, 6.45) is 3.99. The topological polar surface area (TPSA) is 0 Å². The summed E-state index contributed by atoms with van der Waals surface area (Å²) in [7, 11) is 0. The van der Waals surface area contributed by atoms with Crippen LogP contribution < -0.4 is 0 Å². The van der Waals surface area contributed by atoms with E-state index in [1.54, 1.807) is 0 Å². The maximum atomic E-state index is 6.04. The van der Waals surface area contributed by atoms with Gasteiger partial charge in [0.2, 0.25) is 0 Å². The van der Waals surface area contributed by atoms with Crippen LogP contribution in [0, 0.1) is 0 Å². The molecule has 0 heterocycles. The number of rotatable bonds is 2. The first-order valence-corrected chi connectivity index (χ1v) is 7.48. The molecule has 2 aromatic rings. The highest BCUT2D eigenvalue weighted by Crippen LogP contribution is 2.25. The predicted octanol–water partition coefficient (Wildman–Crippen LogP) is 6.69. The summed E-state index contributed by atoms with van der Waals surface area (Å²) >= 11 is 18.8. The minimum absolute atomic E-state index is 0.699. The highest BCUT2D eigenvalue weighted by molar-refractivity contribution is 9.10. The van der Waals surface area contributed by atoms with Crippen LogP contribution in [-0.2, 0) is 0 Å². The van der Waals surface area contributed by atoms with E-state index in [4.69, 9.17) is 23.2 Å². The van der Waals surface area contributed by atoms with Crippen molar-refractivity contribution in [3.05, 3.63) is 66.5 Å². The number of benzene rings is 2. The molecule has 0 bridgehead atoms. The molecule has 0 aliphatic carbocycles. The molecular weight excluding hydrogens is 399 g/mol. The SMILES string of the molecule is Clc1cc(Br)cc(C=Cc2ccc(Br)c(Cl)c2)c1. The summed E-state index contributed by atoms with van der Waals surface area (Å²) in [4.78, 5) is 0. The summed E-state index contributed by atoms with van der Waals surface area (Å²) in [5.74, 6) is 0. The average Bonchev–Trinajstić information content (AvgIpc) is 2.29. The van der Waals surface area contributed by atoms with Gasteiger partial charge in [-0.15, -0.1) is 0 Å². The van der Waals surface area contributed by atoms with E-state index in [0.29, 0.717) is 10.0 Å². The molecule has 0 unspecified atom stereocenters. The molecule has 0 saturated carbocycles. The van der Waals surface area contributed by atoms with E-state index in [1.165, 1.54) is 0 Å². The van der Waals surface area contributed by atoms with Crippen molar-refractivity contribution in [1.82, 2.24) is 0 Å². The van der Waals surface area contributed by atoms with Crippen LogP contribution in [0.5, 0.6) is 0 Å². The fourth-order valence-corrected chi connectivity index (χ4v) is 2.80. The summed E-state index contributed by atoms with van der Waals surface area (Å²) < 4.78 is 1.86. The van der Waals surface area contributed by atoms with Gasteiger partial charge in [0.05, 0.1) is 5.02 Å². The fourth-order valence-electron chi connectivity index (χ4n) is 1.48. The average molecular weight is 407 g/mol. The third-order valence-electron chi connectivity index (χ3n) is 2.30. The highest BCUT2D eigenvalue weighted by Gasteiger charge is 1.97. The van der Waals surface area contributed by atoms with E-state index in [9.17, 15) is 0 Å². The van der Waals surface area contributed by atoms with Gasteiger partial charge < -0.3 is 0 Å². The van der Waals surface area contributed by atoms with E-state index in [-0.39, 0.29) is 0 Å². The summed E-state index contributed by atoms with van der Waals surface area (Å²) in [5, 5.41) is 1.40. The summed E-state index contributed by atoms with van der Waals surface area (Å²) in [5.41, 5.74) is 2.08. The van der Waals surface area contributed by atoms with Gasteiger partial charge in [-0.25, -0.2) is 0 Å². The molecular formula is C14H8Br2Cl2. The zero-order valence-electron chi connectivity index (χ0n) is 9.13. The summed E-state index contributed by atoms with van der Waals surface area (Å²) in [6.45, 7) is 0. The third-order valence-corrected chi connectivity index (χ3v) is 4.21. The monoisotopic (exact) mass is 404 g/mol. The van der Waals surface area contributed by atoms with E-state index in [0.717, 1.165) is 20.1 Å². The first-order valence-electron chi connectivity index (χ1n) is 5.14. The van der Waals surface area contributed by atoms with Crippen LogP contribution in [0.3, 0.4) is 0 Å². The zero-order chi connectivity index (χ0) is 13.1. The molecule has 0 radical (unpaired) electrons. The van der Waals surface area contributed by atoms with Crippen molar-refractivity contribution in [3.63, 3.8) is 0 Å². The standard InChI is InChI=1S/C14H8Br2Cl2/c15-11-5-10(6-12(17)8-11)2-1-9-3-4-13(16)14(18)7-9/h1-8H. The predicted molar refractivity (Wildman–Crippen MR) is 87.2 cm³/mol. The molecule has 0 atom stereocenters. The second-order valence-electron chi connectivity index (χ2n) is 3.71. The Balaban J connectivity index is 2.27. The lowest BCUT2D eigenvalue weighted by atomic mass is 10.1. The first kappa shape index (κ1) is 14.1. The minimum Gasteiger partial charge on any atom is -0.0843 e. The summed E-state index contributed by atoms with van der Waals surface area (Å²) in [6, 6.07) is 11.6. The van der Waals surface area contributed by atoms with Gasteiger partial charge in [-0.1, -0.05) is 57.4 Å². The molecule has 0 spiro atoms. The Labute approximate surface area is 133 Å². The van der Waals surface area contributed by atoms with Crippen molar-refractivity contribution in [2.45, 2.75) is 0 Å². The Kier molecular flexibility index (Phi) is 4.91. The number of hydrogen-bond donors (Lipinski definition) is 0. The fraction of sp³-hybridized carbons (Fsp3) is 0. The molecule has 2 aromatic carbocycles. The third kappa shape index (κ3) is 3.86. The molecule has 18 heavy (non-hydrogen) atoms. The van der Waals surface area contributed by atoms with Crippen LogP contribution in [-0.4, -0.2) is 0 Å². The quantitative estimate of drug-likeness (QED) is 0.487. The van der Waals surface area contributed by atoms with E-state index in [1.807, 2.05) is 48.6 Å². The van der Waals surface area contributed by atoms with E-state index in [2.05, 4.69) is 31.9 Å². The van der Waals surface area contributed by atoms with Gasteiger partial charge in [0.1, 0.15) is 0 Å². The molecule has 2 rings (SSSR count). The van der Waals surface area contributed by atoms with Crippen molar-refractivity contribution in [2.24, 2.45) is 0 Å². The van der Waals surface area contributed by atoms with Gasteiger partial charge in [0.25, 0.3) is 0 Å². The molecule has 0 nitrogen and oxygen atoms in total. The Morgan fingerprint density at radius 2 is 1.56 bits per heavy atom. The smallest absolute Gasteiger partial charge is 0.0554 e. The lowest BCUT2D eigenvalue weighted by molar-refractivity contribution is 1.60. The van der Waals surface area contributed by atoms with Crippen LogP contribution in [0.4, 0.5) is 0 Å². The number of halogens is 4. The zero-order valence-corrected chi connectivity index (χ0v) is 13.8. The Morgan fingerprint density at radius 3 is 2.22 bits per heavy atom. The maximum absolute atomic E-state index is 6.04. The lowest BCUT2D eigenvalue weighted by Crippen LogP contribution is -1.76. The maximum Gasteiger partial charge on any atom is 0.0554 e. The minimum atomic E-state index is 0.699. The molecule has 0 aliphatic heterocycles. The largest absolute Gasteiger partial charge is 0.0843 e. The van der Waals surface area contributed by atoms with Gasteiger partial charge in [-0.3, -0.25) is 0 Å². The van der Waals surface area contributed by atoms with Gasteiger partial charge >= 0.3 is 0 Å². The normalized spacial score (nSPS) is 11.1.